The summed E-state index contributed by atoms with van der Waals surface area (Å²) < 4.78 is 10.9. The first-order valence-corrected chi connectivity index (χ1v) is 11.4. The highest BCUT2D eigenvalue weighted by Crippen LogP contribution is 2.40. The zero-order valence-corrected chi connectivity index (χ0v) is 19.3. The van der Waals surface area contributed by atoms with Gasteiger partial charge >= 0.3 is 5.97 Å². The average Bonchev–Trinajstić information content (AvgIpc) is 3.03. The quantitative estimate of drug-likeness (QED) is 0.628. The number of anilines is 1. The van der Waals surface area contributed by atoms with Crippen LogP contribution in [0.25, 0.3) is 0 Å². The van der Waals surface area contributed by atoms with Crippen molar-refractivity contribution in [3.8, 4) is 5.75 Å². The van der Waals surface area contributed by atoms with Crippen molar-refractivity contribution >= 4 is 28.2 Å². The maximum Gasteiger partial charge on any atom is 0.341 e. The van der Waals surface area contributed by atoms with E-state index in [4.69, 9.17) is 9.47 Å². The number of esters is 1. The zero-order valence-electron chi connectivity index (χ0n) is 18.5. The van der Waals surface area contributed by atoms with Crippen molar-refractivity contribution in [2.45, 2.75) is 59.3 Å². The summed E-state index contributed by atoms with van der Waals surface area (Å²) in [6.45, 7) is 10.6. The van der Waals surface area contributed by atoms with Crippen LogP contribution >= 0.6 is 11.3 Å². The Morgan fingerprint density at radius 3 is 2.53 bits per heavy atom. The molecule has 162 valence electrons. The molecule has 0 saturated carbocycles. The SMILES string of the molecule is CCOC(=O)c1c(NC(=O)COc2ccc(C(C)(C)C)cc2)sc2c1CC[C@@H](C)C2. The Bertz CT molecular complexity index is 909. The number of hydrogen-bond acceptors (Lipinski definition) is 5. The van der Waals surface area contributed by atoms with Gasteiger partial charge in [-0.15, -0.1) is 11.3 Å². The molecule has 1 heterocycles. The molecule has 0 aliphatic heterocycles. The molecule has 1 aliphatic carbocycles. The van der Waals surface area contributed by atoms with Gasteiger partial charge in [0.15, 0.2) is 6.61 Å². The molecule has 0 radical (unpaired) electrons. The molecule has 1 amide bonds. The molecular formula is C24H31NO4S. The highest BCUT2D eigenvalue weighted by Gasteiger charge is 2.29. The van der Waals surface area contributed by atoms with Crippen LogP contribution in [0.5, 0.6) is 5.75 Å². The van der Waals surface area contributed by atoms with Crippen LogP contribution in [-0.2, 0) is 27.8 Å². The first-order valence-electron chi connectivity index (χ1n) is 10.5. The lowest BCUT2D eigenvalue weighted by molar-refractivity contribution is -0.118. The molecule has 1 aromatic heterocycles. The summed E-state index contributed by atoms with van der Waals surface area (Å²) in [6, 6.07) is 7.79. The Kier molecular flexibility index (Phi) is 6.86. The number of carbonyl (C=O) groups is 2. The molecule has 6 heteroatoms. The maximum atomic E-state index is 12.6. The lowest BCUT2D eigenvalue weighted by atomic mass is 9.87. The van der Waals surface area contributed by atoms with Crippen molar-refractivity contribution in [1.82, 2.24) is 0 Å². The van der Waals surface area contributed by atoms with E-state index in [2.05, 4.69) is 33.0 Å². The van der Waals surface area contributed by atoms with Gasteiger partial charge in [0.2, 0.25) is 0 Å². The van der Waals surface area contributed by atoms with Crippen molar-refractivity contribution < 1.29 is 19.1 Å². The first-order chi connectivity index (χ1) is 14.2. The number of benzene rings is 1. The Morgan fingerprint density at radius 1 is 1.20 bits per heavy atom. The summed E-state index contributed by atoms with van der Waals surface area (Å²) in [7, 11) is 0. The number of nitrogens with one attached hydrogen (secondary N) is 1. The third-order valence-electron chi connectivity index (χ3n) is 5.33. The second-order valence-electron chi connectivity index (χ2n) is 8.89. The van der Waals surface area contributed by atoms with Gasteiger partial charge in [0.1, 0.15) is 10.8 Å². The van der Waals surface area contributed by atoms with Gasteiger partial charge in [0.25, 0.3) is 5.91 Å². The van der Waals surface area contributed by atoms with Gasteiger partial charge in [-0.25, -0.2) is 4.79 Å². The second-order valence-corrected chi connectivity index (χ2v) is 9.99. The first kappa shape index (κ1) is 22.3. The number of thiophene rings is 1. The number of fused-ring (bicyclic) bond motifs is 1. The summed E-state index contributed by atoms with van der Waals surface area (Å²) in [5.41, 5.74) is 2.82. The lowest BCUT2D eigenvalue weighted by Crippen LogP contribution is -2.21. The monoisotopic (exact) mass is 429 g/mol. The topological polar surface area (TPSA) is 64.6 Å². The number of amides is 1. The van der Waals surface area contributed by atoms with Gasteiger partial charge in [-0.05, 0) is 60.8 Å². The van der Waals surface area contributed by atoms with Crippen LogP contribution in [-0.4, -0.2) is 25.1 Å². The normalized spacial score (nSPS) is 16.0. The van der Waals surface area contributed by atoms with Crippen molar-refractivity contribution in [3.05, 3.63) is 45.8 Å². The minimum Gasteiger partial charge on any atom is -0.484 e. The molecule has 0 spiro atoms. The van der Waals surface area contributed by atoms with Gasteiger partial charge < -0.3 is 14.8 Å². The van der Waals surface area contributed by atoms with Crippen LogP contribution in [0.4, 0.5) is 5.00 Å². The van der Waals surface area contributed by atoms with Crippen molar-refractivity contribution in [2.24, 2.45) is 5.92 Å². The van der Waals surface area contributed by atoms with E-state index >= 15 is 0 Å². The fraction of sp³-hybridized carbons (Fsp3) is 0.500. The molecule has 0 saturated heterocycles. The summed E-state index contributed by atoms with van der Waals surface area (Å²) >= 11 is 1.49. The maximum absolute atomic E-state index is 12.6. The Hall–Kier alpha value is -2.34. The smallest absolute Gasteiger partial charge is 0.341 e. The predicted molar refractivity (Wildman–Crippen MR) is 121 cm³/mol. The Morgan fingerprint density at radius 2 is 1.90 bits per heavy atom. The average molecular weight is 430 g/mol. The molecular weight excluding hydrogens is 398 g/mol. The number of ether oxygens (including phenoxy) is 2. The summed E-state index contributed by atoms with van der Waals surface area (Å²) in [5.74, 6) is 0.572. The molecule has 5 nitrogen and oxygen atoms in total. The van der Waals surface area contributed by atoms with Crippen molar-refractivity contribution in [3.63, 3.8) is 0 Å². The van der Waals surface area contributed by atoms with Gasteiger partial charge in [-0.2, -0.15) is 0 Å². The molecule has 0 fully saturated rings. The van der Waals surface area contributed by atoms with E-state index < -0.39 is 0 Å². The van der Waals surface area contributed by atoms with E-state index in [1.807, 2.05) is 24.3 Å². The molecule has 2 aromatic rings. The van der Waals surface area contributed by atoms with Gasteiger partial charge in [0.05, 0.1) is 12.2 Å². The molecule has 1 aromatic carbocycles. The van der Waals surface area contributed by atoms with Crippen LogP contribution in [0.2, 0.25) is 0 Å². The van der Waals surface area contributed by atoms with Gasteiger partial charge in [0, 0.05) is 4.88 Å². The second kappa shape index (κ2) is 9.21. The van der Waals surface area contributed by atoms with Crippen LogP contribution < -0.4 is 10.1 Å². The fourth-order valence-corrected chi connectivity index (χ4v) is 5.04. The molecule has 1 N–H and O–H groups in total. The number of rotatable bonds is 6. The highest BCUT2D eigenvalue weighted by molar-refractivity contribution is 7.17. The predicted octanol–water partition coefficient (Wildman–Crippen LogP) is 5.36. The fourth-order valence-electron chi connectivity index (χ4n) is 3.62. The molecule has 0 unspecified atom stereocenters. The molecule has 0 bridgehead atoms. The van der Waals surface area contributed by atoms with Gasteiger partial charge in [-0.1, -0.05) is 39.8 Å². The molecule has 1 aliphatic rings. The van der Waals surface area contributed by atoms with E-state index in [0.29, 0.717) is 28.8 Å². The van der Waals surface area contributed by atoms with E-state index in [1.54, 1.807) is 6.92 Å². The van der Waals surface area contributed by atoms with Gasteiger partial charge in [-0.3, -0.25) is 4.79 Å². The third-order valence-corrected chi connectivity index (χ3v) is 6.50. The Labute approximate surface area is 182 Å². The van der Waals surface area contributed by atoms with E-state index in [9.17, 15) is 9.59 Å². The number of hydrogen-bond donors (Lipinski definition) is 1. The van der Waals surface area contributed by atoms with Crippen molar-refractivity contribution in [2.75, 3.05) is 18.5 Å². The van der Waals surface area contributed by atoms with Crippen molar-refractivity contribution in [1.29, 1.82) is 0 Å². The number of carbonyl (C=O) groups excluding carboxylic acids is 2. The largest absolute Gasteiger partial charge is 0.484 e. The van der Waals surface area contributed by atoms with Crippen LogP contribution in [0.1, 0.15) is 67.4 Å². The summed E-state index contributed by atoms with van der Waals surface area (Å²) in [5, 5.41) is 3.45. The zero-order chi connectivity index (χ0) is 21.9. The van der Waals surface area contributed by atoms with Crippen LogP contribution in [0.3, 0.4) is 0 Å². The standard InChI is InChI=1S/C24H31NO4S/c1-6-28-23(27)21-18-12-7-15(2)13-19(18)30-22(21)25-20(26)14-29-17-10-8-16(9-11-17)24(3,4)5/h8-11,15H,6-7,12-14H2,1-5H3,(H,25,26)/t15-/m1/s1. The van der Waals surface area contributed by atoms with Crippen LogP contribution in [0, 0.1) is 5.92 Å². The molecule has 1 atom stereocenters. The minimum atomic E-state index is -0.362. The lowest BCUT2D eigenvalue weighted by Gasteiger charge is -2.19. The molecule has 30 heavy (non-hydrogen) atoms. The van der Waals surface area contributed by atoms with Crippen LogP contribution in [0.15, 0.2) is 24.3 Å². The summed E-state index contributed by atoms with van der Waals surface area (Å²) in [4.78, 5) is 26.3. The van der Waals surface area contributed by atoms with E-state index in [0.717, 1.165) is 24.8 Å². The van der Waals surface area contributed by atoms with E-state index in [1.165, 1.54) is 21.8 Å². The third kappa shape index (κ3) is 5.22. The summed E-state index contributed by atoms with van der Waals surface area (Å²) in [6.07, 6.45) is 2.81. The highest BCUT2D eigenvalue weighted by atomic mass is 32.1. The van der Waals surface area contributed by atoms with E-state index in [-0.39, 0.29) is 23.9 Å². The molecule has 3 rings (SSSR count). The Balaban J connectivity index is 1.69. The minimum absolute atomic E-state index is 0.0647.